The molecule has 2 heterocycles. The van der Waals surface area contributed by atoms with Gasteiger partial charge in [0, 0.05) is 22.9 Å². The van der Waals surface area contributed by atoms with Gasteiger partial charge in [-0.2, -0.15) is 10.2 Å². The fraction of sp³-hybridized carbons (Fsp3) is 0.500. The van der Waals surface area contributed by atoms with E-state index in [0.29, 0.717) is 5.69 Å². The second-order valence-electron chi connectivity index (χ2n) is 8.10. The summed E-state index contributed by atoms with van der Waals surface area (Å²) in [5.74, 6) is 0.107. The predicted molar refractivity (Wildman–Crippen MR) is 117 cm³/mol. The van der Waals surface area contributed by atoms with Gasteiger partial charge in [0.05, 0.1) is 23.7 Å². The van der Waals surface area contributed by atoms with Crippen LogP contribution in [0, 0.1) is 12.8 Å². The van der Waals surface area contributed by atoms with Crippen LogP contribution in [-0.2, 0) is 11.2 Å². The second-order valence-corrected chi connectivity index (χ2v) is 9.28. The molecule has 4 rings (SSSR count). The Hall–Kier alpha value is -2.39. The number of carbonyl (C=O) groups is 1. The highest BCUT2D eigenvalue weighted by Crippen LogP contribution is 2.28. The number of nitrogens with zero attached hydrogens (tertiary/aromatic N) is 4. The van der Waals surface area contributed by atoms with Gasteiger partial charge in [-0.25, -0.2) is 8.78 Å². The van der Waals surface area contributed by atoms with Gasteiger partial charge in [-0.3, -0.25) is 4.79 Å². The molecule has 0 atom stereocenters. The highest BCUT2D eigenvalue weighted by Gasteiger charge is 2.27. The van der Waals surface area contributed by atoms with Crippen molar-refractivity contribution in [1.29, 1.82) is 0 Å². The van der Waals surface area contributed by atoms with Crippen molar-refractivity contribution < 1.29 is 13.6 Å². The van der Waals surface area contributed by atoms with Crippen molar-refractivity contribution in [1.82, 2.24) is 25.7 Å². The molecular formula is C22H25F2N5OS. The van der Waals surface area contributed by atoms with Crippen molar-refractivity contribution in [3.05, 3.63) is 35.0 Å². The van der Waals surface area contributed by atoms with Gasteiger partial charge >= 0.3 is 0 Å². The monoisotopic (exact) mass is 445 g/mol. The van der Waals surface area contributed by atoms with Crippen LogP contribution in [0.1, 0.15) is 36.4 Å². The molecule has 6 nitrogen and oxygen atoms in total. The zero-order chi connectivity index (χ0) is 21.8. The van der Waals surface area contributed by atoms with Crippen molar-refractivity contribution in [3.63, 3.8) is 0 Å². The first-order valence-electron chi connectivity index (χ1n) is 10.5. The molecule has 164 valence electrons. The first-order valence-corrected chi connectivity index (χ1v) is 11.3. The van der Waals surface area contributed by atoms with Crippen molar-refractivity contribution in [2.45, 2.75) is 51.1 Å². The van der Waals surface area contributed by atoms with Gasteiger partial charge in [0.25, 0.3) is 0 Å². The Morgan fingerprint density at radius 2 is 1.87 bits per heavy atom. The lowest BCUT2D eigenvalue weighted by molar-refractivity contribution is -0.123. The molecule has 1 aromatic carbocycles. The van der Waals surface area contributed by atoms with E-state index in [9.17, 15) is 13.6 Å². The summed E-state index contributed by atoms with van der Waals surface area (Å²) < 4.78 is 25.4. The number of aryl methyl sites for hydroxylation is 1. The minimum Gasteiger partial charge on any atom is -0.306 e. The predicted octanol–water partition coefficient (Wildman–Crippen LogP) is 4.02. The van der Waals surface area contributed by atoms with Crippen molar-refractivity contribution in [2.75, 3.05) is 13.3 Å². The van der Waals surface area contributed by atoms with E-state index < -0.39 is 19.4 Å². The lowest BCUT2D eigenvalue weighted by Gasteiger charge is -2.30. The van der Waals surface area contributed by atoms with Crippen molar-refractivity contribution in [3.8, 4) is 10.6 Å². The van der Waals surface area contributed by atoms with Crippen LogP contribution in [-0.4, -0.2) is 51.6 Å². The van der Waals surface area contributed by atoms with E-state index in [1.54, 1.807) is 0 Å². The van der Waals surface area contributed by atoms with Gasteiger partial charge < -0.3 is 5.32 Å². The average Bonchev–Trinajstić information content (AvgIpc) is 3.23. The normalized spacial score (nSPS) is 19.2. The number of halogens is 2. The fourth-order valence-corrected chi connectivity index (χ4v) is 4.78. The molecule has 0 amide bonds. The molecule has 1 aliphatic rings. The van der Waals surface area contributed by atoms with Gasteiger partial charge in [0.1, 0.15) is 29.1 Å². The lowest BCUT2D eigenvalue weighted by atomic mass is 9.82. The van der Waals surface area contributed by atoms with Crippen LogP contribution >= 0.6 is 11.3 Å². The molecule has 0 radical (unpaired) electrons. The molecule has 0 unspecified atom stereocenters. The van der Waals surface area contributed by atoms with Crippen molar-refractivity contribution >= 4 is 28.0 Å². The van der Waals surface area contributed by atoms with E-state index in [-0.39, 0.29) is 24.2 Å². The highest BCUT2D eigenvalue weighted by atomic mass is 32.1. The summed E-state index contributed by atoms with van der Waals surface area (Å²) in [7, 11) is 0. The van der Waals surface area contributed by atoms with Crippen LogP contribution in [0.2, 0.25) is 0 Å². The molecule has 31 heavy (non-hydrogen) atoms. The Morgan fingerprint density at radius 3 is 2.55 bits per heavy atom. The maximum atomic E-state index is 12.8. The van der Waals surface area contributed by atoms with Crippen LogP contribution in [0.25, 0.3) is 21.5 Å². The van der Waals surface area contributed by atoms with Gasteiger partial charge in [0.2, 0.25) is 0 Å². The zero-order valence-corrected chi connectivity index (χ0v) is 18.2. The van der Waals surface area contributed by atoms with Crippen LogP contribution in [0.4, 0.5) is 8.78 Å². The number of carbonyl (C=O) groups excluding carboxylic acids is 1. The third kappa shape index (κ3) is 5.27. The van der Waals surface area contributed by atoms with Crippen LogP contribution in [0.5, 0.6) is 0 Å². The quantitative estimate of drug-likeness (QED) is 0.564. The lowest BCUT2D eigenvalue weighted by Crippen LogP contribution is -2.43. The summed E-state index contributed by atoms with van der Waals surface area (Å²) in [6.07, 6.45) is 3.19. The molecule has 0 bridgehead atoms. The topological polar surface area (TPSA) is 80.7 Å². The van der Waals surface area contributed by atoms with E-state index in [1.807, 2.05) is 31.2 Å². The number of hydrogen-bond acceptors (Lipinski definition) is 7. The minimum absolute atomic E-state index is 0.0412. The Bertz CT molecular complexity index is 1050. The maximum absolute atomic E-state index is 12.8. The molecule has 3 aromatic rings. The van der Waals surface area contributed by atoms with Gasteiger partial charge in [0.15, 0.2) is 0 Å². The number of rotatable bonds is 8. The number of fused-ring (bicyclic) bond motifs is 1. The first-order chi connectivity index (χ1) is 15.1. The number of hydrogen-bond donors (Lipinski definition) is 1. The summed E-state index contributed by atoms with van der Waals surface area (Å²) in [4.78, 5) is 12.8. The third-order valence-electron chi connectivity index (χ3n) is 5.79. The number of ketones is 1. The Balaban J connectivity index is 1.39. The molecule has 0 aliphatic heterocycles. The van der Waals surface area contributed by atoms with Gasteiger partial charge in [-0.05, 0) is 56.9 Å². The van der Waals surface area contributed by atoms with E-state index in [4.69, 9.17) is 0 Å². The van der Waals surface area contributed by atoms with E-state index in [1.165, 1.54) is 11.3 Å². The average molecular weight is 446 g/mol. The standard InChI is InChI=1S/C22H25F2N5OS/c1-13-26-29-22(31-13)15-4-7-20-16(8-15)9-18(27-28-20)10-21(30)14-2-5-17(6-3-14)25-19(11-23)12-24/h4,7-9,14,17,19,25H,2-3,5-6,10-12H2,1H3. The largest absolute Gasteiger partial charge is 0.306 e. The van der Waals surface area contributed by atoms with Gasteiger partial charge in [-0.1, -0.05) is 11.3 Å². The Kier molecular flexibility index (Phi) is 6.92. The summed E-state index contributed by atoms with van der Waals surface area (Å²) >= 11 is 1.53. The smallest absolute Gasteiger partial charge is 0.147 e. The Labute approximate surface area is 183 Å². The van der Waals surface area contributed by atoms with E-state index in [0.717, 1.165) is 52.2 Å². The molecule has 2 aromatic heterocycles. The van der Waals surface area contributed by atoms with E-state index in [2.05, 4.69) is 25.7 Å². The van der Waals surface area contributed by atoms with Crippen LogP contribution < -0.4 is 5.32 Å². The van der Waals surface area contributed by atoms with Crippen molar-refractivity contribution in [2.24, 2.45) is 5.92 Å². The number of alkyl halides is 2. The summed E-state index contributed by atoms with van der Waals surface area (Å²) in [5, 5.41) is 22.4. The zero-order valence-electron chi connectivity index (χ0n) is 17.4. The number of nitrogens with one attached hydrogen (secondary N) is 1. The molecular weight excluding hydrogens is 420 g/mol. The molecule has 9 heteroatoms. The molecule has 1 aliphatic carbocycles. The molecule has 0 spiro atoms. The summed E-state index contributed by atoms with van der Waals surface area (Å²) in [5.41, 5.74) is 2.38. The number of Topliss-reactive ketones (excluding diaryl/α,β-unsaturated/α-hetero) is 1. The fourth-order valence-electron chi connectivity index (χ4n) is 4.09. The highest BCUT2D eigenvalue weighted by molar-refractivity contribution is 7.14. The third-order valence-corrected chi connectivity index (χ3v) is 6.68. The molecule has 1 saturated carbocycles. The number of aromatic nitrogens is 4. The first kappa shape index (κ1) is 21.8. The van der Waals surface area contributed by atoms with Gasteiger partial charge in [-0.15, -0.1) is 10.2 Å². The molecule has 1 fully saturated rings. The van der Waals surface area contributed by atoms with E-state index >= 15 is 0 Å². The van der Waals surface area contributed by atoms with Crippen LogP contribution in [0.15, 0.2) is 24.3 Å². The Morgan fingerprint density at radius 1 is 1.10 bits per heavy atom. The second kappa shape index (κ2) is 9.82. The van der Waals surface area contributed by atoms with Crippen LogP contribution in [0.3, 0.4) is 0 Å². The summed E-state index contributed by atoms with van der Waals surface area (Å²) in [6, 6.07) is 7.10. The minimum atomic E-state index is -0.737. The molecule has 0 saturated heterocycles. The SMILES string of the molecule is Cc1nnc(-c2ccc3nnc(CC(=O)C4CCC(NC(CF)CF)CC4)cc3c2)s1. The molecule has 1 N–H and O–H groups in total. The summed E-state index contributed by atoms with van der Waals surface area (Å²) in [6.45, 7) is 0.494. The number of benzene rings is 1. The maximum Gasteiger partial charge on any atom is 0.147 e.